The van der Waals surface area contributed by atoms with Crippen LogP contribution in [0.3, 0.4) is 0 Å². The maximum Gasteiger partial charge on any atom is 0.133 e. The van der Waals surface area contributed by atoms with Crippen LogP contribution in [0.15, 0.2) is 65.5 Å². The van der Waals surface area contributed by atoms with E-state index in [0.29, 0.717) is 0 Å². The highest BCUT2D eigenvalue weighted by atomic mass is 16.3. The lowest BCUT2D eigenvalue weighted by atomic mass is 10.1. The summed E-state index contributed by atoms with van der Waals surface area (Å²) in [4.78, 5) is 0. The van der Waals surface area contributed by atoms with Gasteiger partial charge in [0.25, 0.3) is 0 Å². The maximum absolute atomic E-state index is 5.42. The predicted octanol–water partition coefficient (Wildman–Crippen LogP) is 4.05. The lowest BCUT2D eigenvalue weighted by molar-refractivity contribution is 0.582. The van der Waals surface area contributed by atoms with Crippen LogP contribution in [-0.2, 0) is 0 Å². The van der Waals surface area contributed by atoms with Gasteiger partial charge >= 0.3 is 0 Å². The quantitative estimate of drug-likeness (QED) is 0.641. The Morgan fingerprint density at radius 3 is 2.53 bits per heavy atom. The van der Waals surface area contributed by atoms with E-state index in [0.717, 1.165) is 11.3 Å². The van der Waals surface area contributed by atoms with Crippen molar-refractivity contribution in [3.05, 3.63) is 66.7 Å². The van der Waals surface area contributed by atoms with Crippen molar-refractivity contribution in [3.8, 4) is 17.0 Å². The lowest BCUT2D eigenvalue weighted by Crippen LogP contribution is -1.93. The molecule has 0 saturated heterocycles. The van der Waals surface area contributed by atoms with E-state index in [1.807, 2.05) is 36.7 Å². The molecule has 0 amide bonds. The molecule has 0 aliphatic carbocycles. The van der Waals surface area contributed by atoms with Gasteiger partial charge < -0.3 is 8.98 Å². The molecule has 0 N–H and O–H groups in total. The topological polar surface area (TPSA) is 18.1 Å². The van der Waals surface area contributed by atoms with E-state index < -0.39 is 0 Å². The number of hydrogen-bond acceptors (Lipinski definition) is 1. The third-order valence-electron chi connectivity index (χ3n) is 2.90. The van der Waals surface area contributed by atoms with E-state index >= 15 is 0 Å². The highest BCUT2D eigenvalue weighted by molar-refractivity contribution is 5.62. The molecule has 0 saturated carbocycles. The Kier molecular flexibility index (Phi) is 2.33. The van der Waals surface area contributed by atoms with Gasteiger partial charge in [-0.3, -0.25) is 0 Å². The van der Waals surface area contributed by atoms with Crippen molar-refractivity contribution >= 4 is 0 Å². The largest absolute Gasteiger partial charge is 0.464 e. The molecule has 0 atom stereocenters. The molecule has 0 spiro atoms. The predicted molar refractivity (Wildman–Crippen MR) is 68.2 cm³/mol. The van der Waals surface area contributed by atoms with Crippen LogP contribution in [0.25, 0.3) is 17.0 Å². The maximum atomic E-state index is 5.42. The highest BCUT2D eigenvalue weighted by Gasteiger charge is 2.05. The Bertz CT molecular complexity index is 606. The van der Waals surface area contributed by atoms with Crippen LogP contribution in [0.4, 0.5) is 0 Å². The van der Waals surface area contributed by atoms with E-state index in [1.54, 1.807) is 6.26 Å². The summed E-state index contributed by atoms with van der Waals surface area (Å²) in [5.41, 5.74) is 3.53. The van der Waals surface area contributed by atoms with Crippen molar-refractivity contribution in [2.24, 2.45) is 0 Å². The van der Waals surface area contributed by atoms with Gasteiger partial charge in [-0.05, 0) is 42.8 Å². The molecule has 3 aromatic rings. The first-order chi connectivity index (χ1) is 8.34. The minimum absolute atomic E-state index is 0.901. The molecule has 0 fully saturated rings. The fraction of sp³-hybridized carbons (Fsp3) is 0.0667. The zero-order valence-corrected chi connectivity index (χ0v) is 9.63. The van der Waals surface area contributed by atoms with Crippen molar-refractivity contribution in [2.45, 2.75) is 6.92 Å². The molecule has 0 aliphatic rings. The van der Waals surface area contributed by atoms with Crippen molar-refractivity contribution in [1.82, 2.24) is 4.57 Å². The molecule has 0 bridgehead atoms. The van der Waals surface area contributed by atoms with Crippen LogP contribution >= 0.6 is 0 Å². The summed E-state index contributed by atoms with van der Waals surface area (Å²) in [5, 5.41) is 0. The van der Waals surface area contributed by atoms with E-state index in [-0.39, 0.29) is 0 Å². The van der Waals surface area contributed by atoms with Crippen molar-refractivity contribution in [1.29, 1.82) is 0 Å². The second-order valence-electron chi connectivity index (χ2n) is 4.07. The van der Waals surface area contributed by atoms with Crippen LogP contribution in [-0.4, -0.2) is 4.57 Å². The van der Waals surface area contributed by atoms with Gasteiger partial charge in [-0.15, -0.1) is 0 Å². The second-order valence-corrected chi connectivity index (χ2v) is 4.07. The molecule has 0 aliphatic heterocycles. The molecule has 84 valence electrons. The first kappa shape index (κ1) is 9.97. The molecule has 3 rings (SSSR count). The standard InChI is InChI=1S/C15H13NO/c1-12-6-7-13(15-5-4-10-17-15)11-14(12)16-8-2-3-9-16/h2-11H,1H3. The summed E-state index contributed by atoms with van der Waals surface area (Å²) in [6, 6.07) is 14.3. The number of aromatic nitrogens is 1. The first-order valence-electron chi connectivity index (χ1n) is 5.62. The number of hydrogen-bond donors (Lipinski definition) is 0. The lowest BCUT2D eigenvalue weighted by Gasteiger charge is -2.08. The average Bonchev–Trinajstić information content (AvgIpc) is 3.03. The van der Waals surface area contributed by atoms with Gasteiger partial charge in [0.2, 0.25) is 0 Å². The van der Waals surface area contributed by atoms with E-state index in [1.165, 1.54) is 11.3 Å². The van der Waals surface area contributed by atoms with Crippen molar-refractivity contribution in [2.75, 3.05) is 0 Å². The Morgan fingerprint density at radius 2 is 1.82 bits per heavy atom. The summed E-state index contributed by atoms with van der Waals surface area (Å²) in [5.74, 6) is 0.901. The molecule has 17 heavy (non-hydrogen) atoms. The van der Waals surface area contributed by atoms with Crippen molar-refractivity contribution < 1.29 is 4.42 Å². The molecule has 2 heterocycles. The van der Waals surface area contributed by atoms with Crippen LogP contribution in [0.5, 0.6) is 0 Å². The summed E-state index contributed by atoms with van der Waals surface area (Å²) >= 11 is 0. The minimum atomic E-state index is 0.901. The summed E-state index contributed by atoms with van der Waals surface area (Å²) in [7, 11) is 0. The molecule has 0 radical (unpaired) electrons. The highest BCUT2D eigenvalue weighted by Crippen LogP contribution is 2.24. The molecule has 1 aromatic carbocycles. The molecular weight excluding hydrogens is 210 g/mol. The van der Waals surface area contributed by atoms with E-state index in [9.17, 15) is 0 Å². The average molecular weight is 223 g/mol. The number of benzene rings is 1. The molecule has 2 nitrogen and oxygen atoms in total. The van der Waals surface area contributed by atoms with Gasteiger partial charge in [0.05, 0.1) is 6.26 Å². The van der Waals surface area contributed by atoms with E-state index in [2.05, 4.69) is 29.7 Å². The van der Waals surface area contributed by atoms with Gasteiger partial charge in [0, 0.05) is 23.6 Å². The Balaban J connectivity index is 2.13. The van der Waals surface area contributed by atoms with Crippen LogP contribution in [0, 0.1) is 6.92 Å². The molecule has 0 unspecified atom stereocenters. The SMILES string of the molecule is Cc1ccc(-c2ccco2)cc1-n1cccc1. The monoisotopic (exact) mass is 223 g/mol. The molecule has 2 aromatic heterocycles. The first-order valence-corrected chi connectivity index (χ1v) is 5.62. The Morgan fingerprint density at radius 1 is 1.00 bits per heavy atom. The fourth-order valence-corrected chi connectivity index (χ4v) is 1.98. The van der Waals surface area contributed by atoms with Gasteiger partial charge in [0.1, 0.15) is 5.76 Å². The number of nitrogens with zero attached hydrogens (tertiary/aromatic N) is 1. The van der Waals surface area contributed by atoms with Crippen LogP contribution in [0.2, 0.25) is 0 Å². The third-order valence-corrected chi connectivity index (χ3v) is 2.90. The summed E-state index contributed by atoms with van der Waals surface area (Å²) in [6.07, 6.45) is 5.80. The molecular formula is C15H13NO. The summed E-state index contributed by atoms with van der Waals surface area (Å²) < 4.78 is 7.54. The number of rotatable bonds is 2. The smallest absolute Gasteiger partial charge is 0.133 e. The Labute approximate surface area is 100 Å². The zero-order chi connectivity index (χ0) is 11.7. The van der Waals surface area contributed by atoms with Crippen LogP contribution in [0.1, 0.15) is 5.56 Å². The zero-order valence-electron chi connectivity index (χ0n) is 9.63. The van der Waals surface area contributed by atoms with Gasteiger partial charge in [-0.2, -0.15) is 0 Å². The summed E-state index contributed by atoms with van der Waals surface area (Å²) in [6.45, 7) is 2.11. The van der Waals surface area contributed by atoms with Gasteiger partial charge in [0.15, 0.2) is 0 Å². The van der Waals surface area contributed by atoms with E-state index in [4.69, 9.17) is 4.42 Å². The normalized spacial score (nSPS) is 10.6. The fourth-order valence-electron chi connectivity index (χ4n) is 1.98. The van der Waals surface area contributed by atoms with Gasteiger partial charge in [-0.25, -0.2) is 0 Å². The number of furan rings is 1. The second kappa shape index (κ2) is 3.98. The van der Waals surface area contributed by atoms with Crippen LogP contribution < -0.4 is 0 Å². The molecule has 2 heteroatoms. The third kappa shape index (κ3) is 1.78. The van der Waals surface area contributed by atoms with Gasteiger partial charge in [-0.1, -0.05) is 12.1 Å². The number of aryl methyl sites for hydroxylation is 1. The van der Waals surface area contributed by atoms with Crippen molar-refractivity contribution in [3.63, 3.8) is 0 Å². The minimum Gasteiger partial charge on any atom is -0.464 e. The Hall–Kier alpha value is -2.22.